The maximum absolute atomic E-state index is 11.6. The van der Waals surface area contributed by atoms with Gasteiger partial charge in [0.05, 0.1) is 12.0 Å². The third-order valence-corrected chi connectivity index (χ3v) is 2.40. The van der Waals surface area contributed by atoms with Gasteiger partial charge in [0.2, 0.25) is 0 Å². The zero-order chi connectivity index (χ0) is 16.8. The lowest BCUT2D eigenvalue weighted by atomic mass is 10.1. The Balaban J connectivity index is 2.34. The normalized spacial score (nSPS) is 10.7. The van der Waals surface area contributed by atoms with Crippen molar-refractivity contribution in [2.45, 2.75) is 32.8 Å². The molecule has 1 rings (SSSR count). The molecule has 7 nitrogen and oxygen atoms in total. The topological polar surface area (TPSA) is 102 Å². The number of nitrogens with one attached hydrogen (secondary N) is 1. The zero-order valence-corrected chi connectivity index (χ0v) is 12.7. The van der Waals surface area contributed by atoms with Gasteiger partial charge in [-0.15, -0.1) is 0 Å². The van der Waals surface area contributed by atoms with E-state index in [0.29, 0.717) is 5.56 Å². The lowest BCUT2D eigenvalue weighted by molar-refractivity contribution is -0.143. The highest BCUT2D eigenvalue weighted by atomic mass is 16.6. The average molecular weight is 309 g/mol. The van der Waals surface area contributed by atoms with Crippen molar-refractivity contribution in [2.75, 3.05) is 6.73 Å². The monoisotopic (exact) mass is 309 g/mol. The number of rotatable bonds is 5. The molecule has 120 valence electrons. The predicted molar refractivity (Wildman–Crippen MR) is 77.4 cm³/mol. The summed E-state index contributed by atoms with van der Waals surface area (Å²) in [4.78, 5) is 33.6. The predicted octanol–water partition coefficient (Wildman–Crippen LogP) is 1.95. The number of carboxylic acid groups (broad SMARTS) is 1. The van der Waals surface area contributed by atoms with Crippen LogP contribution in [0.5, 0.6) is 0 Å². The fourth-order valence-corrected chi connectivity index (χ4v) is 1.47. The van der Waals surface area contributed by atoms with Crippen molar-refractivity contribution in [3.8, 4) is 0 Å². The summed E-state index contributed by atoms with van der Waals surface area (Å²) in [5.41, 5.74) is 0.135. The van der Waals surface area contributed by atoms with Crippen molar-refractivity contribution >= 4 is 18.0 Å². The Hall–Kier alpha value is -2.57. The number of hydrogen-bond acceptors (Lipinski definition) is 5. The first-order chi connectivity index (χ1) is 10.2. The van der Waals surface area contributed by atoms with Crippen LogP contribution in [-0.4, -0.2) is 35.5 Å². The first kappa shape index (κ1) is 17.5. The smallest absolute Gasteiger partial charge is 0.410 e. The fraction of sp³-hybridized carbons (Fsp3) is 0.400. The third-order valence-electron chi connectivity index (χ3n) is 2.40. The van der Waals surface area contributed by atoms with E-state index in [-0.39, 0.29) is 18.7 Å². The molecule has 2 N–H and O–H groups in total. The number of esters is 1. The molecule has 0 fully saturated rings. The Labute approximate surface area is 128 Å². The Kier molecular flexibility index (Phi) is 5.91. The standard InChI is InChI=1S/C15H19NO6/c1-15(2,3)22-14(20)16-9-21-12(17)8-10-4-6-11(7-5-10)13(18)19/h4-7H,8-9H2,1-3H3,(H,16,20)(H,18,19). The van der Waals surface area contributed by atoms with Gasteiger partial charge in [-0.25, -0.2) is 9.59 Å². The fourth-order valence-electron chi connectivity index (χ4n) is 1.47. The molecule has 0 unspecified atom stereocenters. The maximum atomic E-state index is 11.6. The lowest BCUT2D eigenvalue weighted by Crippen LogP contribution is -2.34. The quantitative estimate of drug-likeness (QED) is 0.636. The molecular formula is C15H19NO6. The van der Waals surface area contributed by atoms with Crippen molar-refractivity contribution in [1.82, 2.24) is 5.32 Å². The lowest BCUT2D eigenvalue weighted by Gasteiger charge is -2.19. The highest BCUT2D eigenvalue weighted by molar-refractivity contribution is 5.87. The molecule has 0 radical (unpaired) electrons. The largest absolute Gasteiger partial charge is 0.478 e. The summed E-state index contributed by atoms with van der Waals surface area (Å²) in [5.74, 6) is -1.57. The number of carboxylic acids is 1. The molecule has 1 aromatic rings. The van der Waals surface area contributed by atoms with E-state index in [4.69, 9.17) is 14.6 Å². The summed E-state index contributed by atoms with van der Waals surface area (Å²) in [7, 11) is 0. The highest BCUT2D eigenvalue weighted by Crippen LogP contribution is 2.07. The highest BCUT2D eigenvalue weighted by Gasteiger charge is 2.16. The van der Waals surface area contributed by atoms with Crippen molar-refractivity contribution in [3.05, 3.63) is 35.4 Å². The number of carbonyl (C=O) groups excluding carboxylic acids is 2. The SMILES string of the molecule is CC(C)(C)OC(=O)NCOC(=O)Cc1ccc(C(=O)O)cc1. The van der Waals surface area contributed by atoms with E-state index in [1.54, 1.807) is 20.8 Å². The van der Waals surface area contributed by atoms with Crippen LogP contribution in [0.4, 0.5) is 4.79 Å². The van der Waals surface area contributed by atoms with Gasteiger partial charge in [-0.05, 0) is 38.5 Å². The number of benzene rings is 1. The first-order valence-electron chi connectivity index (χ1n) is 6.62. The summed E-state index contributed by atoms with van der Waals surface area (Å²) < 4.78 is 9.82. The molecule has 0 spiro atoms. The summed E-state index contributed by atoms with van der Waals surface area (Å²) in [6.45, 7) is 4.87. The van der Waals surface area contributed by atoms with Crippen LogP contribution in [0.25, 0.3) is 0 Å². The van der Waals surface area contributed by atoms with Crippen molar-refractivity contribution in [3.63, 3.8) is 0 Å². The van der Waals surface area contributed by atoms with Crippen LogP contribution in [-0.2, 0) is 20.7 Å². The van der Waals surface area contributed by atoms with Gasteiger partial charge < -0.3 is 14.6 Å². The van der Waals surface area contributed by atoms with Gasteiger partial charge >= 0.3 is 18.0 Å². The van der Waals surface area contributed by atoms with E-state index in [1.165, 1.54) is 24.3 Å². The maximum Gasteiger partial charge on any atom is 0.410 e. The van der Waals surface area contributed by atoms with Crippen LogP contribution < -0.4 is 5.32 Å². The van der Waals surface area contributed by atoms with Gasteiger partial charge in [0.25, 0.3) is 0 Å². The molecule has 0 atom stereocenters. The average Bonchev–Trinajstić information content (AvgIpc) is 2.37. The van der Waals surface area contributed by atoms with Gasteiger partial charge in [0, 0.05) is 0 Å². The molecule has 0 aromatic heterocycles. The Bertz CT molecular complexity index is 544. The summed E-state index contributed by atoms with van der Waals surface area (Å²) >= 11 is 0. The minimum Gasteiger partial charge on any atom is -0.478 e. The summed E-state index contributed by atoms with van der Waals surface area (Å²) in [6.07, 6.45) is -0.693. The van der Waals surface area contributed by atoms with Crippen LogP contribution in [0, 0.1) is 0 Å². The summed E-state index contributed by atoms with van der Waals surface area (Å²) in [5, 5.41) is 11.1. The molecule has 1 aromatic carbocycles. The van der Waals surface area contributed by atoms with Crippen molar-refractivity contribution < 1.29 is 29.0 Å². The van der Waals surface area contributed by atoms with Crippen LogP contribution >= 0.6 is 0 Å². The Morgan fingerprint density at radius 2 is 1.73 bits per heavy atom. The third kappa shape index (κ3) is 6.74. The molecule has 0 saturated heterocycles. The van der Waals surface area contributed by atoms with E-state index in [1.807, 2.05) is 0 Å². The van der Waals surface area contributed by atoms with Crippen LogP contribution in [0.2, 0.25) is 0 Å². The molecular weight excluding hydrogens is 290 g/mol. The number of hydrogen-bond donors (Lipinski definition) is 2. The minimum absolute atomic E-state index is 0.0180. The number of amides is 1. The molecule has 0 aliphatic heterocycles. The molecule has 1 amide bonds. The van der Waals surface area contributed by atoms with Gasteiger partial charge in [-0.1, -0.05) is 12.1 Å². The van der Waals surface area contributed by atoms with Gasteiger partial charge in [-0.2, -0.15) is 0 Å². The van der Waals surface area contributed by atoms with Crippen LogP contribution in [0.1, 0.15) is 36.7 Å². The Morgan fingerprint density at radius 3 is 2.23 bits per heavy atom. The molecule has 0 aliphatic rings. The van der Waals surface area contributed by atoms with Crippen molar-refractivity contribution in [1.29, 1.82) is 0 Å². The van der Waals surface area contributed by atoms with E-state index in [9.17, 15) is 14.4 Å². The van der Waals surface area contributed by atoms with E-state index >= 15 is 0 Å². The van der Waals surface area contributed by atoms with Crippen LogP contribution in [0.3, 0.4) is 0 Å². The summed E-state index contributed by atoms with van der Waals surface area (Å²) in [6, 6.07) is 5.88. The van der Waals surface area contributed by atoms with E-state index in [0.717, 1.165) is 0 Å². The Morgan fingerprint density at radius 1 is 1.14 bits per heavy atom. The second-order valence-electron chi connectivity index (χ2n) is 5.52. The zero-order valence-electron chi connectivity index (χ0n) is 12.7. The van der Waals surface area contributed by atoms with Gasteiger partial charge in [-0.3, -0.25) is 10.1 Å². The number of carbonyl (C=O) groups is 3. The van der Waals surface area contributed by atoms with Crippen molar-refractivity contribution in [2.24, 2.45) is 0 Å². The van der Waals surface area contributed by atoms with Crippen LogP contribution in [0.15, 0.2) is 24.3 Å². The molecule has 0 aliphatic carbocycles. The molecule has 0 saturated carbocycles. The van der Waals surface area contributed by atoms with E-state index in [2.05, 4.69) is 5.32 Å². The second kappa shape index (κ2) is 7.44. The van der Waals surface area contributed by atoms with Gasteiger partial charge in [0.1, 0.15) is 5.60 Å². The first-order valence-corrected chi connectivity index (χ1v) is 6.62. The molecule has 0 bridgehead atoms. The number of ether oxygens (including phenoxy) is 2. The van der Waals surface area contributed by atoms with E-state index < -0.39 is 23.6 Å². The van der Waals surface area contributed by atoms with Gasteiger partial charge in [0.15, 0.2) is 6.73 Å². The molecule has 22 heavy (non-hydrogen) atoms. The second-order valence-corrected chi connectivity index (χ2v) is 5.52. The molecule has 0 heterocycles. The minimum atomic E-state index is -1.03. The number of aromatic carboxylic acids is 1. The number of alkyl carbamates (subject to hydrolysis) is 1. The molecule has 7 heteroatoms.